The van der Waals surface area contributed by atoms with Crippen LogP contribution in [0.3, 0.4) is 0 Å². The zero-order valence-electron chi connectivity index (χ0n) is 10.9. The normalized spacial score (nSPS) is 11.3. The highest BCUT2D eigenvalue weighted by molar-refractivity contribution is 9.11. The molecule has 0 unspecified atom stereocenters. The van der Waals surface area contributed by atoms with Crippen LogP contribution in [-0.2, 0) is 0 Å². The van der Waals surface area contributed by atoms with E-state index < -0.39 is 0 Å². The fourth-order valence-corrected chi connectivity index (χ4v) is 3.40. The molecule has 0 aliphatic carbocycles. The molecule has 0 heterocycles. The van der Waals surface area contributed by atoms with Crippen molar-refractivity contribution in [3.63, 3.8) is 0 Å². The lowest BCUT2D eigenvalue weighted by Gasteiger charge is -2.04. The second-order valence-corrected chi connectivity index (χ2v) is 6.35. The summed E-state index contributed by atoms with van der Waals surface area (Å²) < 4.78 is 1.52. The van der Waals surface area contributed by atoms with Gasteiger partial charge < -0.3 is 5.11 Å². The summed E-state index contributed by atoms with van der Waals surface area (Å²) in [6, 6.07) is 17.7. The number of halogens is 2. The fraction of sp³-hybridized carbons (Fsp3) is 0. The topological polar surface area (TPSA) is 32.6 Å². The lowest BCUT2D eigenvalue weighted by atomic mass is 10.1. The Hall–Kier alpha value is -1.65. The standard InChI is InChI=1S/C17H11Br2NO/c18-13-8-12(17(21)15(19)9-13)10-20-16-7-3-5-11-4-1-2-6-14(11)16/h1-10,21H. The molecule has 4 heteroatoms. The minimum atomic E-state index is 0.183. The van der Waals surface area contributed by atoms with Gasteiger partial charge in [-0.2, -0.15) is 0 Å². The molecule has 3 aromatic rings. The molecule has 3 rings (SSSR count). The van der Waals surface area contributed by atoms with Crippen molar-refractivity contribution < 1.29 is 5.11 Å². The molecule has 21 heavy (non-hydrogen) atoms. The summed E-state index contributed by atoms with van der Waals surface area (Å²) in [5.74, 6) is 0.183. The number of hydrogen-bond acceptors (Lipinski definition) is 2. The Bertz CT molecular complexity index is 838. The molecule has 0 fully saturated rings. The summed E-state index contributed by atoms with van der Waals surface area (Å²) in [6.45, 7) is 0. The number of aliphatic imine (C=N–C) groups is 1. The second-order valence-electron chi connectivity index (χ2n) is 4.58. The number of rotatable bonds is 2. The van der Waals surface area contributed by atoms with Crippen LogP contribution in [0.15, 0.2) is 68.5 Å². The number of hydrogen-bond donors (Lipinski definition) is 1. The van der Waals surface area contributed by atoms with Crippen LogP contribution in [0.1, 0.15) is 5.56 Å². The van der Waals surface area contributed by atoms with Gasteiger partial charge in [0.05, 0.1) is 10.2 Å². The molecule has 0 atom stereocenters. The number of benzene rings is 3. The highest BCUT2D eigenvalue weighted by Crippen LogP contribution is 2.31. The maximum atomic E-state index is 10.1. The third kappa shape index (κ3) is 3.01. The molecular weight excluding hydrogens is 394 g/mol. The Kier molecular flexibility index (Phi) is 4.08. The number of phenolic OH excluding ortho intramolecular Hbond substituents is 1. The smallest absolute Gasteiger partial charge is 0.138 e. The summed E-state index contributed by atoms with van der Waals surface area (Å²) in [4.78, 5) is 4.52. The van der Waals surface area contributed by atoms with Crippen molar-refractivity contribution >= 4 is 54.5 Å². The molecule has 2 nitrogen and oxygen atoms in total. The highest BCUT2D eigenvalue weighted by Gasteiger charge is 2.05. The first kappa shape index (κ1) is 14.3. The number of nitrogens with zero attached hydrogens (tertiary/aromatic N) is 1. The van der Waals surface area contributed by atoms with Crippen molar-refractivity contribution in [1.29, 1.82) is 0 Å². The molecule has 0 amide bonds. The summed E-state index contributed by atoms with van der Waals surface area (Å²) in [6.07, 6.45) is 1.67. The average Bonchev–Trinajstić information content (AvgIpc) is 2.49. The lowest BCUT2D eigenvalue weighted by Crippen LogP contribution is -1.84. The van der Waals surface area contributed by atoms with Gasteiger partial charge in [-0.15, -0.1) is 0 Å². The Morgan fingerprint density at radius 2 is 1.71 bits per heavy atom. The molecule has 3 aromatic carbocycles. The van der Waals surface area contributed by atoms with E-state index >= 15 is 0 Å². The monoisotopic (exact) mass is 403 g/mol. The zero-order valence-corrected chi connectivity index (χ0v) is 14.1. The van der Waals surface area contributed by atoms with Crippen LogP contribution in [0, 0.1) is 0 Å². The van der Waals surface area contributed by atoms with Gasteiger partial charge in [-0.1, -0.05) is 52.3 Å². The van der Waals surface area contributed by atoms with Crippen molar-refractivity contribution in [2.75, 3.05) is 0 Å². The van der Waals surface area contributed by atoms with Gasteiger partial charge in [-0.25, -0.2) is 0 Å². The minimum Gasteiger partial charge on any atom is -0.506 e. The minimum absolute atomic E-state index is 0.183. The van der Waals surface area contributed by atoms with E-state index in [0.717, 1.165) is 20.9 Å². The Labute approximate surface area is 139 Å². The third-order valence-electron chi connectivity index (χ3n) is 3.17. The number of aromatic hydroxyl groups is 1. The maximum Gasteiger partial charge on any atom is 0.138 e. The van der Waals surface area contributed by atoms with E-state index in [0.29, 0.717) is 10.0 Å². The van der Waals surface area contributed by atoms with Crippen molar-refractivity contribution in [3.8, 4) is 5.75 Å². The van der Waals surface area contributed by atoms with E-state index in [1.54, 1.807) is 12.3 Å². The SMILES string of the molecule is Oc1c(Br)cc(Br)cc1C=Nc1cccc2ccccc12. The van der Waals surface area contributed by atoms with Gasteiger partial charge in [0.25, 0.3) is 0 Å². The van der Waals surface area contributed by atoms with Crippen LogP contribution in [0.5, 0.6) is 5.75 Å². The molecule has 104 valence electrons. The van der Waals surface area contributed by atoms with Crippen molar-refractivity contribution in [1.82, 2.24) is 0 Å². The first-order valence-electron chi connectivity index (χ1n) is 6.35. The third-order valence-corrected chi connectivity index (χ3v) is 4.23. The first-order chi connectivity index (χ1) is 10.1. The van der Waals surface area contributed by atoms with Crippen molar-refractivity contribution in [2.24, 2.45) is 4.99 Å². The van der Waals surface area contributed by atoms with Crippen LogP contribution in [0.4, 0.5) is 5.69 Å². The van der Waals surface area contributed by atoms with Gasteiger partial charge in [0.2, 0.25) is 0 Å². The molecule has 0 aliphatic rings. The fourth-order valence-electron chi connectivity index (χ4n) is 2.14. The quantitative estimate of drug-likeness (QED) is 0.536. The Morgan fingerprint density at radius 1 is 0.952 bits per heavy atom. The van der Waals surface area contributed by atoms with Gasteiger partial charge >= 0.3 is 0 Å². The Morgan fingerprint density at radius 3 is 2.57 bits per heavy atom. The summed E-state index contributed by atoms with van der Waals surface area (Å²) in [5, 5.41) is 12.3. The van der Waals surface area contributed by atoms with E-state index in [1.165, 1.54) is 0 Å². The van der Waals surface area contributed by atoms with E-state index in [4.69, 9.17) is 0 Å². The molecule has 0 aromatic heterocycles. The molecule has 0 spiro atoms. The molecule has 1 N–H and O–H groups in total. The Balaban J connectivity index is 2.06. The molecule has 0 radical (unpaired) electrons. The van der Waals surface area contributed by atoms with Gasteiger partial charge in [-0.05, 0) is 39.5 Å². The number of phenols is 1. The largest absolute Gasteiger partial charge is 0.506 e. The van der Waals surface area contributed by atoms with Gasteiger partial charge in [0.15, 0.2) is 0 Å². The number of fused-ring (bicyclic) bond motifs is 1. The van der Waals surface area contributed by atoms with E-state index in [1.807, 2.05) is 36.4 Å². The molecule has 0 saturated heterocycles. The predicted molar refractivity (Wildman–Crippen MR) is 94.7 cm³/mol. The lowest BCUT2D eigenvalue weighted by molar-refractivity contribution is 0.471. The van der Waals surface area contributed by atoms with Crippen molar-refractivity contribution in [3.05, 3.63) is 69.1 Å². The molecule has 0 bridgehead atoms. The van der Waals surface area contributed by atoms with Crippen LogP contribution < -0.4 is 0 Å². The molecule has 0 saturated carbocycles. The second kappa shape index (κ2) is 6.00. The molecule has 0 aliphatic heterocycles. The van der Waals surface area contributed by atoms with Crippen LogP contribution >= 0.6 is 31.9 Å². The van der Waals surface area contributed by atoms with Crippen LogP contribution in [0.25, 0.3) is 10.8 Å². The molecular formula is C17H11Br2NO. The van der Waals surface area contributed by atoms with Crippen LogP contribution in [-0.4, -0.2) is 11.3 Å². The predicted octanol–water partition coefficient (Wildman–Crippen LogP) is 5.82. The van der Waals surface area contributed by atoms with Crippen molar-refractivity contribution in [2.45, 2.75) is 0 Å². The maximum absolute atomic E-state index is 10.1. The van der Waals surface area contributed by atoms with E-state index in [9.17, 15) is 5.11 Å². The van der Waals surface area contributed by atoms with Gasteiger partial charge in [-0.3, -0.25) is 4.99 Å². The average molecular weight is 405 g/mol. The van der Waals surface area contributed by atoms with Crippen LogP contribution in [0.2, 0.25) is 0 Å². The van der Waals surface area contributed by atoms with Gasteiger partial charge in [0, 0.05) is 21.6 Å². The first-order valence-corrected chi connectivity index (χ1v) is 7.93. The summed E-state index contributed by atoms with van der Waals surface area (Å²) in [7, 11) is 0. The van der Waals surface area contributed by atoms with E-state index in [2.05, 4.69) is 49.0 Å². The zero-order chi connectivity index (χ0) is 14.8. The summed E-state index contributed by atoms with van der Waals surface area (Å²) >= 11 is 6.73. The van der Waals surface area contributed by atoms with E-state index in [-0.39, 0.29) is 5.75 Å². The highest BCUT2D eigenvalue weighted by atomic mass is 79.9. The van der Waals surface area contributed by atoms with Gasteiger partial charge in [0.1, 0.15) is 5.75 Å². The summed E-state index contributed by atoms with van der Waals surface area (Å²) in [5.41, 5.74) is 1.53.